The van der Waals surface area contributed by atoms with Crippen molar-refractivity contribution in [3.8, 4) is 0 Å². The van der Waals surface area contributed by atoms with Crippen molar-refractivity contribution in [2.24, 2.45) is 10.8 Å². The van der Waals surface area contributed by atoms with E-state index in [0.717, 1.165) is 19.6 Å². The fourth-order valence-electron chi connectivity index (χ4n) is 3.81. The Balaban J connectivity index is 1.93. The molecule has 2 fully saturated rings. The summed E-state index contributed by atoms with van der Waals surface area (Å²) in [6.45, 7) is 8.31. The van der Waals surface area contributed by atoms with Crippen molar-refractivity contribution in [1.82, 2.24) is 5.32 Å². The van der Waals surface area contributed by atoms with Gasteiger partial charge in [0.05, 0.1) is 6.10 Å². The molecule has 0 saturated heterocycles. The molecule has 1 spiro atoms. The van der Waals surface area contributed by atoms with Crippen LogP contribution in [0.3, 0.4) is 0 Å². The number of aliphatic hydroxyl groups excluding tert-OH is 1. The molecule has 2 N–H and O–H groups in total. The zero-order valence-electron chi connectivity index (χ0n) is 12.9. The molecule has 0 heterocycles. The van der Waals surface area contributed by atoms with Crippen molar-refractivity contribution in [2.45, 2.75) is 71.4 Å². The lowest BCUT2D eigenvalue weighted by molar-refractivity contribution is -0.151. The third-order valence-electron chi connectivity index (χ3n) is 5.19. The molecule has 0 aliphatic heterocycles. The summed E-state index contributed by atoms with van der Waals surface area (Å²) < 4.78 is 5.97. The molecule has 0 aromatic carbocycles. The van der Waals surface area contributed by atoms with Gasteiger partial charge in [-0.1, -0.05) is 33.1 Å². The molecule has 2 atom stereocenters. The van der Waals surface area contributed by atoms with Gasteiger partial charge in [-0.05, 0) is 26.2 Å². The van der Waals surface area contributed by atoms with E-state index < -0.39 is 0 Å². The second-order valence-corrected chi connectivity index (χ2v) is 7.23. The van der Waals surface area contributed by atoms with Crippen molar-refractivity contribution in [3.05, 3.63) is 0 Å². The number of aliphatic hydroxyl groups is 1. The van der Waals surface area contributed by atoms with E-state index in [9.17, 15) is 5.11 Å². The molecule has 19 heavy (non-hydrogen) atoms. The molecule has 2 aliphatic carbocycles. The molecule has 2 rings (SSSR count). The SMILES string of the molecule is CCOC1CC(NCC(C)(C)CO)C12CCCCC2. The van der Waals surface area contributed by atoms with Gasteiger partial charge in [-0.15, -0.1) is 0 Å². The molecule has 0 radical (unpaired) electrons. The molecule has 2 saturated carbocycles. The van der Waals surface area contributed by atoms with E-state index in [4.69, 9.17) is 4.74 Å². The molecule has 0 aromatic heterocycles. The molecule has 112 valence electrons. The molecule has 2 aliphatic rings. The first-order valence-electron chi connectivity index (χ1n) is 8.00. The second kappa shape index (κ2) is 6.11. The Labute approximate surface area is 118 Å². The van der Waals surface area contributed by atoms with Crippen molar-refractivity contribution in [2.75, 3.05) is 19.8 Å². The normalized spacial score (nSPS) is 30.3. The maximum atomic E-state index is 9.37. The summed E-state index contributed by atoms with van der Waals surface area (Å²) in [7, 11) is 0. The van der Waals surface area contributed by atoms with E-state index in [2.05, 4.69) is 26.1 Å². The third kappa shape index (κ3) is 3.14. The highest BCUT2D eigenvalue weighted by atomic mass is 16.5. The molecule has 0 aromatic rings. The summed E-state index contributed by atoms with van der Waals surface area (Å²) in [6, 6.07) is 0.593. The number of ether oxygens (including phenoxy) is 1. The van der Waals surface area contributed by atoms with Crippen LogP contribution < -0.4 is 5.32 Å². The third-order valence-corrected chi connectivity index (χ3v) is 5.19. The zero-order chi connectivity index (χ0) is 13.9. The van der Waals surface area contributed by atoms with Crippen LogP contribution in [0.2, 0.25) is 0 Å². The first kappa shape index (κ1) is 15.3. The minimum Gasteiger partial charge on any atom is -0.396 e. The second-order valence-electron chi connectivity index (χ2n) is 7.23. The molecular weight excluding hydrogens is 238 g/mol. The van der Waals surface area contributed by atoms with E-state index in [0.29, 0.717) is 17.6 Å². The Kier molecular flexibility index (Phi) is 4.91. The van der Waals surface area contributed by atoms with Crippen molar-refractivity contribution in [3.63, 3.8) is 0 Å². The minimum atomic E-state index is -0.0213. The smallest absolute Gasteiger partial charge is 0.0661 e. The van der Waals surface area contributed by atoms with Crippen LogP contribution in [0.25, 0.3) is 0 Å². The predicted octanol–water partition coefficient (Wildman–Crippen LogP) is 2.72. The fraction of sp³-hybridized carbons (Fsp3) is 1.00. The molecule has 3 heteroatoms. The van der Waals surface area contributed by atoms with Crippen molar-refractivity contribution in [1.29, 1.82) is 0 Å². The van der Waals surface area contributed by atoms with Gasteiger partial charge in [-0.3, -0.25) is 0 Å². The van der Waals surface area contributed by atoms with Crippen LogP contribution in [0.1, 0.15) is 59.3 Å². The minimum absolute atomic E-state index is 0.0213. The molecule has 2 unspecified atom stereocenters. The van der Waals surface area contributed by atoms with Crippen molar-refractivity contribution < 1.29 is 9.84 Å². The van der Waals surface area contributed by atoms with Crippen molar-refractivity contribution >= 4 is 0 Å². The summed E-state index contributed by atoms with van der Waals surface area (Å²) >= 11 is 0. The lowest BCUT2D eigenvalue weighted by Gasteiger charge is -2.58. The Morgan fingerprint density at radius 1 is 1.26 bits per heavy atom. The largest absolute Gasteiger partial charge is 0.396 e. The van der Waals surface area contributed by atoms with Gasteiger partial charge in [0.15, 0.2) is 0 Å². The topological polar surface area (TPSA) is 41.5 Å². The Morgan fingerprint density at radius 2 is 1.95 bits per heavy atom. The summed E-state index contributed by atoms with van der Waals surface area (Å²) in [6.07, 6.45) is 8.33. The quantitative estimate of drug-likeness (QED) is 0.779. The summed E-state index contributed by atoms with van der Waals surface area (Å²) in [5.74, 6) is 0. The van der Waals surface area contributed by atoms with Gasteiger partial charge in [0.25, 0.3) is 0 Å². The first-order valence-corrected chi connectivity index (χ1v) is 8.00. The van der Waals surface area contributed by atoms with Crippen LogP contribution in [0.15, 0.2) is 0 Å². The highest BCUT2D eigenvalue weighted by Gasteiger charge is 2.55. The van der Waals surface area contributed by atoms with Crippen LogP contribution in [-0.4, -0.2) is 37.0 Å². The Morgan fingerprint density at radius 3 is 2.53 bits per heavy atom. The summed E-state index contributed by atoms with van der Waals surface area (Å²) in [5.41, 5.74) is 0.367. The molecule has 3 nitrogen and oxygen atoms in total. The average Bonchev–Trinajstić information content (AvgIpc) is 2.43. The standard InChI is InChI=1S/C16H31NO2/c1-4-19-14-10-13(17-11-15(2,3)12-18)16(14)8-6-5-7-9-16/h13-14,17-18H,4-12H2,1-3H3. The van der Waals surface area contributed by atoms with E-state index in [-0.39, 0.29) is 12.0 Å². The number of hydrogen-bond donors (Lipinski definition) is 2. The van der Waals surface area contributed by atoms with Crippen LogP contribution in [-0.2, 0) is 4.74 Å². The van der Waals surface area contributed by atoms with Gasteiger partial charge in [0.2, 0.25) is 0 Å². The summed E-state index contributed by atoms with van der Waals surface area (Å²) in [4.78, 5) is 0. The van der Waals surface area contributed by atoms with Crippen LogP contribution >= 0.6 is 0 Å². The number of rotatable bonds is 6. The maximum absolute atomic E-state index is 9.37. The van der Waals surface area contributed by atoms with E-state index in [1.165, 1.54) is 32.1 Å². The number of nitrogens with one attached hydrogen (secondary N) is 1. The van der Waals surface area contributed by atoms with Gasteiger partial charge < -0.3 is 15.2 Å². The molecule has 0 bridgehead atoms. The predicted molar refractivity (Wildman–Crippen MR) is 78.2 cm³/mol. The van der Waals surface area contributed by atoms with Gasteiger partial charge in [-0.2, -0.15) is 0 Å². The van der Waals surface area contributed by atoms with E-state index in [1.54, 1.807) is 0 Å². The van der Waals surface area contributed by atoms with Crippen LogP contribution in [0.4, 0.5) is 0 Å². The number of hydrogen-bond acceptors (Lipinski definition) is 3. The van der Waals surface area contributed by atoms with Gasteiger partial charge in [0.1, 0.15) is 0 Å². The Bertz CT molecular complexity index is 284. The van der Waals surface area contributed by atoms with Crippen LogP contribution in [0, 0.1) is 10.8 Å². The zero-order valence-corrected chi connectivity index (χ0v) is 12.9. The van der Waals surface area contributed by atoms with Gasteiger partial charge in [-0.25, -0.2) is 0 Å². The Hall–Kier alpha value is -0.120. The monoisotopic (exact) mass is 269 g/mol. The van der Waals surface area contributed by atoms with Gasteiger partial charge in [0, 0.05) is 36.6 Å². The maximum Gasteiger partial charge on any atom is 0.0661 e. The highest BCUT2D eigenvalue weighted by Crippen LogP contribution is 2.53. The summed E-state index contributed by atoms with van der Waals surface area (Å²) in [5, 5.41) is 13.1. The first-order chi connectivity index (χ1) is 9.04. The fourth-order valence-corrected chi connectivity index (χ4v) is 3.81. The van der Waals surface area contributed by atoms with Gasteiger partial charge >= 0.3 is 0 Å². The lowest BCUT2D eigenvalue weighted by atomic mass is 9.55. The average molecular weight is 269 g/mol. The van der Waals surface area contributed by atoms with E-state index in [1.807, 2.05) is 0 Å². The molecule has 0 amide bonds. The van der Waals surface area contributed by atoms with Crippen LogP contribution in [0.5, 0.6) is 0 Å². The lowest BCUT2D eigenvalue weighted by Crippen LogP contribution is -2.65. The highest BCUT2D eigenvalue weighted by molar-refractivity contribution is 5.09. The molecular formula is C16H31NO2. The van der Waals surface area contributed by atoms with E-state index >= 15 is 0 Å².